The van der Waals surface area contributed by atoms with Crippen LogP contribution in [-0.4, -0.2) is 36.6 Å². The quantitative estimate of drug-likeness (QED) is 0.518. The first-order valence-corrected chi connectivity index (χ1v) is 11.7. The van der Waals surface area contributed by atoms with Crippen molar-refractivity contribution < 1.29 is 14.3 Å². The normalized spacial score (nSPS) is 32.3. The number of hydrogen-bond donors (Lipinski definition) is 2. The molecule has 1 aromatic heterocycles. The molecule has 1 spiro atoms. The van der Waals surface area contributed by atoms with Gasteiger partial charge in [0.05, 0.1) is 30.3 Å². The van der Waals surface area contributed by atoms with E-state index in [1.54, 1.807) is 6.20 Å². The van der Waals surface area contributed by atoms with Gasteiger partial charge in [-0.1, -0.05) is 0 Å². The first-order chi connectivity index (χ1) is 14.1. The molecule has 2 bridgehead atoms. The lowest BCUT2D eigenvalue weighted by atomic mass is 9.78. The van der Waals surface area contributed by atoms with E-state index in [1.807, 2.05) is 12.1 Å². The Morgan fingerprint density at radius 2 is 1.86 bits per heavy atom. The Bertz CT molecular complexity index is 789. The van der Waals surface area contributed by atoms with E-state index in [-0.39, 0.29) is 29.1 Å². The number of halogens is 1. The van der Waals surface area contributed by atoms with Gasteiger partial charge in [0.15, 0.2) is 0 Å². The number of ether oxygens (including phenoxy) is 1. The number of nitrogens with zero attached hydrogens (tertiary/aromatic N) is 1. The molecule has 2 N–H and O–H groups in total. The number of hydrogen-bond acceptors (Lipinski definition) is 5. The largest absolute Gasteiger partial charge is 0.465 e. The number of esters is 1. The molecule has 4 aliphatic rings. The minimum absolute atomic E-state index is 0.0450. The Morgan fingerprint density at radius 1 is 1.14 bits per heavy atom. The van der Waals surface area contributed by atoms with Gasteiger partial charge in [0.25, 0.3) is 0 Å². The van der Waals surface area contributed by atoms with E-state index in [0.717, 1.165) is 56.2 Å². The van der Waals surface area contributed by atoms with Crippen LogP contribution in [0.2, 0.25) is 0 Å². The summed E-state index contributed by atoms with van der Waals surface area (Å²) in [7, 11) is 0. The zero-order chi connectivity index (χ0) is 20.0. The van der Waals surface area contributed by atoms with E-state index in [4.69, 9.17) is 4.74 Å². The maximum absolute atomic E-state index is 13.3. The molecule has 1 aliphatic heterocycles. The number of aromatic nitrogens is 1. The Hall–Kier alpha value is -1.47. The van der Waals surface area contributed by atoms with Crippen molar-refractivity contribution in [3.63, 3.8) is 0 Å². The molecular formula is C22H28BrN3O3. The van der Waals surface area contributed by atoms with Crippen molar-refractivity contribution in [3.05, 3.63) is 22.9 Å². The molecule has 7 heteroatoms. The number of piperidine rings is 1. The summed E-state index contributed by atoms with van der Waals surface area (Å²) in [6, 6.07) is 3.64. The number of anilines is 1. The van der Waals surface area contributed by atoms with E-state index < -0.39 is 0 Å². The van der Waals surface area contributed by atoms with E-state index in [2.05, 4.69) is 31.5 Å². The van der Waals surface area contributed by atoms with Crippen LogP contribution < -0.4 is 10.6 Å². The van der Waals surface area contributed by atoms with Gasteiger partial charge in [-0.3, -0.25) is 9.59 Å². The predicted octanol–water partition coefficient (Wildman–Crippen LogP) is 3.38. The van der Waals surface area contributed by atoms with Crippen LogP contribution in [0.4, 0.5) is 5.69 Å². The SMILES string of the molecule is O=C(Nc1ccc(Br)nc1)C1C(C(=O)OCC2CCNCC2)C2CCC1C21CC1. The standard InChI is InChI=1S/C22H28BrN3O3/c23-17-4-1-14(11-25-17)26-20(27)18-15-2-3-16(22(15)7-8-22)19(18)21(28)29-12-13-5-9-24-10-6-13/h1,4,11,13,15-16,18-19,24H,2-3,5-10,12H2,(H,26,27). The van der Waals surface area contributed by atoms with Crippen molar-refractivity contribution >= 4 is 33.5 Å². The summed E-state index contributed by atoms with van der Waals surface area (Å²) in [5.74, 6) is 0.309. The van der Waals surface area contributed by atoms with Gasteiger partial charge in [-0.25, -0.2) is 4.98 Å². The van der Waals surface area contributed by atoms with Gasteiger partial charge < -0.3 is 15.4 Å². The molecule has 1 aromatic rings. The highest BCUT2D eigenvalue weighted by Gasteiger charge is 2.72. The molecule has 4 fully saturated rings. The lowest BCUT2D eigenvalue weighted by molar-refractivity contribution is -0.156. The summed E-state index contributed by atoms with van der Waals surface area (Å²) >= 11 is 3.32. The molecule has 5 rings (SSSR count). The van der Waals surface area contributed by atoms with Crippen molar-refractivity contribution in [2.75, 3.05) is 25.0 Å². The fraction of sp³-hybridized carbons (Fsp3) is 0.682. The molecular weight excluding hydrogens is 434 g/mol. The van der Waals surface area contributed by atoms with Crippen LogP contribution >= 0.6 is 15.9 Å². The number of carbonyl (C=O) groups is 2. The average molecular weight is 462 g/mol. The van der Waals surface area contributed by atoms with E-state index in [9.17, 15) is 9.59 Å². The van der Waals surface area contributed by atoms with Crippen LogP contribution in [0.15, 0.2) is 22.9 Å². The highest BCUT2D eigenvalue weighted by molar-refractivity contribution is 9.10. The highest BCUT2D eigenvalue weighted by atomic mass is 79.9. The van der Waals surface area contributed by atoms with Crippen molar-refractivity contribution in [1.82, 2.24) is 10.3 Å². The second-order valence-electron chi connectivity index (χ2n) is 9.26. The van der Waals surface area contributed by atoms with Crippen LogP contribution in [0.25, 0.3) is 0 Å². The fourth-order valence-corrected chi connectivity index (χ4v) is 6.58. The average Bonchev–Trinajstić information content (AvgIpc) is 3.41. The summed E-state index contributed by atoms with van der Waals surface area (Å²) in [4.78, 5) is 30.6. The predicted molar refractivity (Wildman–Crippen MR) is 112 cm³/mol. The number of pyridine rings is 1. The fourth-order valence-electron chi connectivity index (χ4n) is 6.35. The van der Waals surface area contributed by atoms with Crippen molar-refractivity contribution in [3.8, 4) is 0 Å². The van der Waals surface area contributed by atoms with Crippen LogP contribution in [0.1, 0.15) is 38.5 Å². The number of carbonyl (C=O) groups excluding carboxylic acids is 2. The van der Waals surface area contributed by atoms with Crippen LogP contribution in [-0.2, 0) is 14.3 Å². The van der Waals surface area contributed by atoms with Gasteiger partial charge in [0.1, 0.15) is 4.60 Å². The molecule has 0 radical (unpaired) electrons. The van der Waals surface area contributed by atoms with Gasteiger partial charge >= 0.3 is 5.97 Å². The van der Waals surface area contributed by atoms with E-state index in [1.165, 1.54) is 0 Å². The third-order valence-electron chi connectivity index (χ3n) is 7.84. The van der Waals surface area contributed by atoms with Gasteiger partial charge in [0, 0.05) is 0 Å². The van der Waals surface area contributed by atoms with Gasteiger partial charge in [0.2, 0.25) is 5.91 Å². The van der Waals surface area contributed by atoms with E-state index >= 15 is 0 Å². The second kappa shape index (κ2) is 7.65. The molecule has 3 saturated carbocycles. The molecule has 0 aromatic carbocycles. The second-order valence-corrected chi connectivity index (χ2v) is 10.1. The molecule has 1 saturated heterocycles. The van der Waals surface area contributed by atoms with Crippen molar-refractivity contribution in [2.45, 2.75) is 38.5 Å². The van der Waals surface area contributed by atoms with Gasteiger partial charge in [-0.05, 0) is 103 Å². The first kappa shape index (κ1) is 19.5. The van der Waals surface area contributed by atoms with Crippen LogP contribution in [0.3, 0.4) is 0 Å². The minimum Gasteiger partial charge on any atom is -0.465 e. The topological polar surface area (TPSA) is 80.3 Å². The third-order valence-corrected chi connectivity index (χ3v) is 8.31. The van der Waals surface area contributed by atoms with Gasteiger partial charge in [-0.2, -0.15) is 0 Å². The molecule has 1 amide bonds. The molecule has 29 heavy (non-hydrogen) atoms. The third kappa shape index (κ3) is 3.50. The molecule has 156 valence electrons. The maximum Gasteiger partial charge on any atom is 0.310 e. The zero-order valence-corrected chi connectivity index (χ0v) is 18.1. The molecule has 4 unspecified atom stereocenters. The van der Waals surface area contributed by atoms with Crippen molar-refractivity contribution in [1.29, 1.82) is 0 Å². The summed E-state index contributed by atoms with van der Waals surface area (Å²) in [6.45, 7) is 2.48. The summed E-state index contributed by atoms with van der Waals surface area (Å²) in [6.07, 6.45) is 8.17. The Balaban J connectivity index is 1.31. The number of nitrogens with one attached hydrogen (secondary N) is 2. The van der Waals surface area contributed by atoms with Crippen LogP contribution in [0.5, 0.6) is 0 Å². The zero-order valence-electron chi connectivity index (χ0n) is 16.5. The lowest BCUT2D eigenvalue weighted by Gasteiger charge is -2.29. The Labute approximate surface area is 179 Å². The lowest BCUT2D eigenvalue weighted by Crippen LogP contribution is -2.39. The van der Waals surface area contributed by atoms with Crippen molar-refractivity contribution in [2.24, 2.45) is 35.0 Å². The number of amides is 1. The van der Waals surface area contributed by atoms with Gasteiger partial charge in [-0.15, -0.1) is 0 Å². The van der Waals surface area contributed by atoms with E-state index in [0.29, 0.717) is 30.0 Å². The molecule has 2 heterocycles. The number of rotatable bonds is 5. The molecule has 4 atom stereocenters. The smallest absolute Gasteiger partial charge is 0.310 e. The maximum atomic E-state index is 13.3. The minimum atomic E-state index is -0.290. The summed E-state index contributed by atoms with van der Waals surface area (Å²) in [5, 5.41) is 6.36. The molecule has 3 aliphatic carbocycles. The summed E-state index contributed by atoms with van der Waals surface area (Å²) < 4.78 is 6.55. The highest BCUT2D eigenvalue weighted by Crippen LogP contribution is 2.74. The Kier molecular flexibility index (Phi) is 5.14. The molecule has 6 nitrogen and oxygen atoms in total. The summed E-state index contributed by atoms with van der Waals surface area (Å²) in [5.41, 5.74) is 0.894. The Morgan fingerprint density at radius 3 is 2.52 bits per heavy atom. The monoisotopic (exact) mass is 461 g/mol. The van der Waals surface area contributed by atoms with Crippen LogP contribution in [0, 0.1) is 35.0 Å². The first-order valence-electron chi connectivity index (χ1n) is 10.9.